The molecule has 0 aliphatic rings. The summed E-state index contributed by atoms with van der Waals surface area (Å²) < 4.78 is 2.14. The molecule has 4 aromatic heterocycles. The molecule has 6 aromatic rings. The van der Waals surface area contributed by atoms with E-state index >= 15 is 0 Å². The molecule has 0 aliphatic heterocycles. The van der Waals surface area contributed by atoms with E-state index in [-0.39, 0.29) is 6.17 Å². The van der Waals surface area contributed by atoms with Crippen LogP contribution in [0.2, 0.25) is 0 Å². The third-order valence-corrected chi connectivity index (χ3v) is 6.40. The summed E-state index contributed by atoms with van der Waals surface area (Å²) in [5, 5.41) is 28.0. The molecule has 0 radical (unpaired) electrons. The Morgan fingerprint density at radius 2 is 1.92 bits per heavy atom. The highest BCUT2D eigenvalue weighted by Crippen LogP contribution is 2.32. The van der Waals surface area contributed by atoms with E-state index in [1.54, 1.807) is 17.2 Å². The van der Waals surface area contributed by atoms with Gasteiger partial charge in [0.15, 0.2) is 5.82 Å². The zero-order valence-electron chi connectivity index (χ0n) is 20.4. The molecule has 1 atom stereocenters. The van der Waals surface area contributed by atoms with Crippen LogP contribution in [-0.4, -0.2) is 60.4 Å². The molecule has 2 aromatic carbocycles. The van der Waals surface area contributed by atoms with Crippen LogP contribution in [-0.2, 0) is 6.42 Å². The summed E-state index contributed by atoms with van der Waals surface area (Å²) in [6.45, 7) is 2.20. The first-order valence-corrected chi connectivity index (χ1v) is 12.4. The lowest BCUT2D eigenvalue weighted by molar-refractivity contribution is 0.320. The Morgan fingerprint density at radius 1 is 1.00 bits per heavy atom. The van der Waals surface area contributed by atoms with Crippen LogP contribution in [0, 0.1) is 0 Å². The van der Waals surface area contributed by atoms with Gasteiger partial charge < -0.3 is 9.55 Å². The molecule has 12 nitrogen and oxygen atoms in total. The first kappa shape index (κ1) is 22.7. The fraction of sp³-hybridized carbons (Fsp3) is 0.280. The van der Waals surface area contributed by atoms with Gasteiger partial charge in [-0.1, -0.05) is 50.1 Å². The maximum absolute atomic E-state index is 4.75. The van der Waals surface area contributed by atoms with Crippen molar-refractivity contribution in [2.75, 3.05) is 0 Å². The summed E-state index contributed by atoms with van der Waals surface area (Å²) >= 11 is 0. The smallest absolute Gasteiger partial charge is 0.205 e. The van der Waals surface area contributed by atoms with Crippen LogP contribution in [0.5, 0.6) is 0 Å². The number of fused-ring (bicyclic) bond motifs is 1. The summed E-state index contributed by atoms with van der Waals surface area (Å²) in [6, 6.07) is 14.3. The normalized spacial score (nSPS) is 12.4. The van der Waals surface area contributed by atoms with Crippen molar-refractivity contribution in [3.63, 3.8) is 0 Å². The highest BCUT2D eigenvalue weighted by atomic mass is 15.6. The molecule has 0 fully saturated rings. The molecule has 0 amide bonds. The largest absolute Gasteiger partial charge is 0.348 e. The lowest BCUT2D eigenvalue weighted by Crippen LogP contribution is -2.20. The van der Waals surface area contributed by atoms with Gasteiger partial charge in [-0.2, -0.15) is 5.21 Å². The number of aromatic nitrogens is 12. The van der Waals surface area contributed by atoms with Gasteiger partial charge in [0.2, 0.25) is 5.82 Å². The Kier molecular flexibility index (Phi) is 6.19. The number of imidazole rings is 2. The van der Waals surface area contributed by atoms with Gasteiger partial charge >= 0.3 is 0 Å². The van der Waals surface area contributed by atoms with E-state index in [0.717, 1.165) is 59.2 Å². The molecule has 6 rings (SSSR count). The predicted octanol–water partition coefficient (Wildman–Crippen LogP) is 3.81. The van der Waals surface area contributed by atoms with Crippen molar-refractivity contribution in [2.24, 2.45) is 0 Å². The maximum atomic E-state index is 4.75. The van der Waals surface area contributed by atoms with Gasteiger partial charge in [-0.15, -0.1) is 25.2 Å². The lowest BCUT2D eigenvalue weighted by atomic mass is 9.99. The summed E-state index contributed by atoms with van der Waals surface area (Å²) in [5.41, 5.74) is 4.84. The third-order valence-electron chi connectivity index (χ3n) is 6.40. The molecule has 0 aliphatic carbocycles. The van der Waals surface area contributed by atoms with Crippen molar-refractivity contribution < 1.29 is 0 Å². The van der Waals surface area contributed by atoms with Crippen LogP contribution >= 0.6 is 0 Å². The van der Waals surface area contributed by atoms with Crippen LogP contribution in [0.1, 0.15) is 50.4 Å². The second-order valence-electron chi connectivity index (χ2n) is 8.85. The fourth-order valence-electron chi connectivity index (χ4n) is 4.58. The molecule has 1 unspecified atom stereocenters. The number of nitrogens with zero attached hydrogens (tertiary/aromatic N) is 10. The van der Waals surface area contributed by atoms with Gasteiger partial charge in [-0.3, -0.25) is 0 Å². The fourth-order valence-corrected chi connectivity index (χ4v) is 4.58. The highest BCUT2D eigenvalue weighted by molar-refractivity contribution is 5.87. The van der Waals surface area contributed by atoms with Crippen LogP contribution in [0.25, 0.3) is 33.5 Å². The number of benzene rings is 2. The highest BCUT2D eigenvalue weighted by Gasteiger charge is 2.20. The van der Waals surface area contributed by atoms with Crippen LogP contribution in [0.15, 0.2) is 61.2 Å². The first-order chi connectivity index (χ1) is 18.3. The summed E-state index contributed by atoms with van der Waals surface area (Å²) in [6.07, 6.45) is 9.94. The molecular weight excluding hydrogens is 468 g/mol. The Bertz CT molecular complexity index is 1580. The number of rotatable bonds is 10. The van der Waals surface area contributed by atoms with Crippen LogP contribution in [0.3, 0.4) is 0 Å². The second kappa shape index (κ2) is 10.1. The summed E-state index contributed by atoms with van der Waals surface area (Å²) in [4.78, 5) is 13.8. The molecule has 186 valence electrons. The molecule has 0 bridgehead atoms. The Hall–Kier alpha value is -4.74. The van der Waals surface area contributed by atoms with Crippen molar-refractivity contribution in [3.8, 4) is 22.5 Å². The van der Waals surface area contributed by atoms with Gasteiger partial charge in [0.05, 0.1) is 23.8 Å². The Labute approximate surface area is 212 Å². The molecule has 4 heterocycles. The van der Waals surface area contributed by atoms with E-state index in [1.807, 2.05) is 24.5 Å². The monoisotopic (exact) mass is 494 g/mol. The van der Waals surface area contributed by atoms with Gasteiger partial charge in [0, 0.05) is 18.0 Å². The van der Waals surface area contributed by atoms with E-state index in [4.69, 9.17) is 10.1 Å². The second-order valence-corrected chi connectivity index (χ2v) is 8.85. The standard InChI is InChI=1S/C25H26N12/c1-2-3-4-9-24(37-32-23(29-35-37)15-22-26-12-13-27-22)36-16-28-20-14-17(10-11-21(20)36)18-7-5-6-8-19(18)25-30-33-34-31-25/h5-8,10-14,16,24H,2-4,9,15H2,1H3,(H,26,27)(H,30,31,33,34). The third kappa shape index (κ3) is 4.60. The van der Waals surface area contributed by atoms with Crippen molar-refractivity contribution in [3.05, 3.63) is 72.8 Å². The van der Waals surface area contributed by atoms with Crippen LogP contribution in [0.4, 0.5) is 0 Å². The molecule has 37 heavy (non-hydrogen) atoms. The summed E-state index contributed by atoms with van der Waals surface area (Å²) in [7, 11) is 0. The van der Waals surface area contributed by atoms with Crippen molar-refractivity contribution >= 4 is 11.0 Å². The SMILES string of the molecule is CCCCCC(n1nnc(Cc2ncc[nH]2)n1)n1cnc2cc(-c3ccccc3-c3nn[nH]n3)ccc21. The molecule has 2 N–H and O–H groups in total. The Morgan fingerprint density at radius 3 is 2.73 bits per heavy atom. The van der Waals surface area contributed by atoms with Crippen molar-refractivity contribution in [1.29, 1.82) is 0 Å². The van der Waals surface area contributed by atoms with Gasteiger partial charge in [0.1, 0.15) is 12.0 Å². The van der Waals surface area contributed by atoms with Crippen molar-refractivity contribution in [1.82, 2.24) is 60.4 Å². The summed E-state index contributed by atoms with van der Waals surface area (Å²) in [5.74, 6) is 1.99. The lowest BCUT2D eigenvalue weighted by Gasteiger charge is -2.18. The molecule has 0 spiro atoms. The van der Waals surface area contributed by atoms with Gasteiger partial charge in [-0.25, -0.2) is 9.97 Å². The minimum Gasteiger partial charge on any atom is -0.348 e. The minimum absolute atomic E-state index is 0.133. The van der Waals surface area contributed by atoms with Crippen molar-refractivity contribution in [2.45, 2.75) is 45.2 Å². The van der Waals surface area contributed by atoms with E-state index in [9.17, 15) is 0 Å². The quantitative estimate of drug-likeness (QED) is 0.274. The van der Waals surface area contributed by atoms with E-state index in [0.29, 0.717) is 18.1 Å². The number of tetrazole rings is 2. The average molecular weight is 495 g/mol. The number of H-pyrrole nitrogens is 2. The number of aromatic amines is 2. The average Bonchev–Trinajstić information content (AvgIpc) is 3.75. The molecule has 0 saturated carbocycles. The van der Waals surface area contributed by atoms with E-state index in [1.165, 1.54) is 0 Å². The molecular formula is C25H26N12. The van der Waals surface area contributed by atoms with E-state index < -0.39 is 0 Å². The predicted molar refractivity (Wildman–Crippen MR) is 136 cm³/mol. The first-order valence-electron chi connectivity index (χ1n) is 12.4. The molecule has 12 heteroatoms. The van der Waals surface area contributed by atoms with Gasteiger partial charge in [-0.05, 0) is 46.5 Å². The number of unbranched alkanes of at least 4 members (excludes halogenated alkanes) is 2. The topological polar surface area (TPSA) is 145 Å². The van der Waals surface area contributed by atoms with Gasteiger partial charge in [0.25, 0.3) is 0 Å². The number of nitrogens with one attached hydrogen (secondary N) is 2. The van der Waals surface area contributed by atoms with Crippen LogP contribution < -0.4 is 0 Å². The zero-order chi connectivity index (χ0) is 25.0. The zero-order valence-corrected chi connectivity index (χ0v) is 20.4. The van der Waals surface area contributed by atoms with E-state index in [2.05, 4.69) is 76.7 Å². The molecule has 0 saturated heterocycles. The maximum Gasteiger partial charge on any atom is 0.205 e. The minimum atomic E-state index is -0.133. The number of hydrogen-bond donors (Lipinski definition) is 2. The number of hydrogen-bond acceptors (Lipinski definition) is 8. The Balaban J connectivity index is 1.34.